The van der Waals surface area contributed by atoms with Gasteiger partial charge in [0.25, 0.3) is 10.1 Å². The molecular weight excluding hydrogens is 263 g/mol. The molecule has 91 valence electrons. The minimum absolute atomic E-state index is 0. The summed E-state index contributed by atoms with van der Waals surface area (Å²) in [5.74, 6) is 0. The topological polar surface area (TPSA) is 60.4 Å². The van der Waals surface area contributed by atoms with Crippen LogP contribution < -0.4 is 0 Å². The third-order valence-corrected chi connectivity index (χ3v) is 3.57. The fraction of sp³-hybridized carbons (Fsp3) is 0.0833. The number of benzene rings is 2. The van der Waals surface area contributed by atoms with Crippen LogP contribution in [0.3, 0.4) is 0 Å². The molecule has 1 radical (unpaired) electrons. The van der Waals surface area contributed by atoms with E-state index >= 15 is 0 Å². The molecule has 2 aromatic carbocycles. The van der Waals surface area contributed by atoms with E-state index in [1.54, 1.807) is 24.3 Å². The van der Waals surface area contributed by atoms with Crippen molar-refractivity contribution in [1.82, 2.24) is 0 Å². The standard InChI is InChI=1S/C11H10O3S.CH2O.Na/c1-14-15(12,13)11-8-4-6-9-5-2-3-7-10(9)11;1-2;/h2-8H,1H3;1H2;. The first-order valence-corrected chi connectivity index (χ1v) is 6.13. The molecule has 0 unspecified atom stereocenters. The van der Waals surface area contributed by atoms with Crippen molar-refractivity contribution in [1.29, 1.82) is 0 Å². The van der Waals surface area contributed by atoms with Crippen molar-refractivity contribution >= 4 is 57.2 Å². The Balaban J connectivity index is 0.000000917. The molecular formula is C12H12NaO4S. The molecule has 0 N–H and O–H groups in total. The van der Waals surface area contributed by atoms with Crippen LogP contribution in [0.5, 0.6) is 0 Å². The first kappa shape index (κ1) is 17.3. The van der Waals surface area contributed by atoms with Crippen LogP contribution in [-0.2, 0) is 19.1 Å². The van der Waals surface area contributed by atoms with Gasteiger partial charge in [-0.05, 0) is 11.5 Å². The zero-order valence-corrected chi connectivity index (χ0v) is 13.1. The second kappa shape index (κ2) is 7.66. The Hall–Kier alpha value is -0.720. The molecule has 18 heavy (non-hydrogen) atoms. The van der Waals surface area contributed by atoms with Crippen LogP contribution in [0.1, 0.15) is 0 Å². The molecule has 0 heterocycles. The average Bonchev–Trinajstić information content (AvgIpc) is 2.40. The SMILES string of the molecule is C=O.COS(=O)(=O)c1cccc2ccccc12.[Na]. The zero-order chi connectivity index (χ0) is 12.9. The Morgan fingerprint density at radius 2 is 1.56 bits per heavy atom. The van der Waals surface area contributed by atoms with Crippen molar-refractivity contribution in [3.8, 4) is 0 Å². The third-order valence-electron chi connectivity index (χ3n) is 2.24. The molecule has 0 fully saturated rings. The number of fused-ring (bicyclic) bond motifs is 1. The van der Waals surface area contributed by atoms with Gasteiger partial charge in [-0.3, -0.25) is 4.18 Å². The maximum absolute atomic E-state index is 11.6. The molecule has 0 aromatic heterocycles. The Morgan fingerprint density at radius 1 is 1.00 bits per heavy atom. The molecule has 0 bridgehead atoms. The van der Waals surface area contributed by atoms with Gasteiger partial charge in [0.2, 0.25) is 0 Å². The number of rotatable bonds is 2. The van der Waals surface area contributed by atoms with Crippen LogP contribution >= 0.6 is 0 Å². The van der Waals surface area contributed by atoms with E-state index in [0.29, 0.717) is 5.39 Å². The van der Waals surface area contributed by atoms with Gasteiger partial charge in [-0.25, -0.2) is 0 Å². The number of carbonyl (C=O) groups is 1. The molecule has 0 saturated carbocycles. The van der Waals surface area contributed by atoms with Crippen molar-refractivity contribution in [2.45, 2.75) is 4.90 Å². The molecule has 4 nitrogen and oxygen atoms in total. The monoisotopic (exact) mass is 275 g/mol. The summed E-state index contributed by atoms with van der Waals surface area (Å²) >= 11 is 0. The molecule has 2 aromatic rings. The van der Waals surface area contributed by atoms with Gasteiger partial charge in [0.1, 0.15) is 11.7 Å². The fourth-order valence-electron chi connectivity index (χ4n) is 1.50. The predicted molar refractivity (Wildman–Crippen MR) is 71.0 cm³/mol. The zero-order valence-electron chi connectivity index (χ0n) is 10.3. The van der Waals surface area contributed by atoms with Crippen LogP contribution in [0.4, 0.5) is 0 Å². The van der Waals surface area contributed by atoms with E-state index in [1.165, 1.54) is 0 Å². The first-order chi connectivity index (χ1) is 8.15. The molecule has 2 rings (SSSR count). The van der Waals surface area contributed by atoms with Crippen molar-refractivity contribution in [3.05, 3.63) is 42.5 Å². The van der Waals surface area contributed by atoms with E-state index < -0.39 is 10.1 Å². The van der Waals surface area contributed by atoms with E-state index in [1.807, 2.05) is 25.0 Å². The van der Waals surface area contributed by atoms with Gasteiger partial charge in [0, 0.05) is 34.9 Å². The average molecular weight is 275 g/mol. The maximum Gasteiger partial charge on any atom is 0.297 e. The quantitative estimate of drug-likeness (QED) is 0.617. The van der Waals surface area contributed by atoms with E-state index in [4.69, 9.17) is 4.79 Å². The van der Waals surface area contributed by atoms with Gasteiger partial charge in [-0.15, -0.1) is 0 Å². The van der Waals surface area contributed by atoms with Gasteiger partial charge in [-0.2, -0.15) is 8.42 Å². The summed E-state index contributed by atoms with van der Waals surface area (Å²) in [5.41, 5.74) is 0. The smallest absolute Gasteiger partial charge is 0.297 e. The number of hydrogen-bond acceptors (Lipinski definition) is 4. The Labute approximate surface area is 128 Å². The van der Waals surface area contributed by atoms with E-state index in [-0.39, 0.29) is 34.5 Å². The predicted octanol–water partition coefficient (Wildman–Crippen LogP) is 1.61. The largest absolute Gasteiger partial charge is 0.307 e. The Morgan fingerprint density at radius 3 is 2.17 bits per heavy atom. The minimum atomic E-state index is -3.62. The van der Waals surface area contributed by atoms with Crippen LogP contribution in [0.15, 0.2) is 47.4 Å². The molecule has 0 aliphatic rings. The summed E-state index contributed by atoms with van der Waals surface area (Å²) in [4.78, 5) is 8.21. The van der Waals surface area contributed by atoms with Crippen LogP contribution in [0.25, 0.3) is 10.8 Å². The van der Waals surface area contributed by atoms with Crippen LogP contribution in [0.2, 0.25) is 0 Å². The van der Waals surface area contributed by atoms with E-state index in [0.717, 1.165) is 12.5 Å². The Kier molecular flexibility index (Phi) is 7.35. The summed E-state index contributed by atoms with van der Waals surface area (Å²) in [6.45, 7) is 2.00. The minimum Gasteiger partial charge on any atom is -0.307 e. The molecule has 0 spiro atoms. The maximum atomic E-state index is 11.6. The molecule has 0 amide bonds. The van der Waals surface area contributed by atoms with Crippen LogP contribution in [0, 0.1) is 0 Å². The van der Waals surface area contributed by atoms with Crippen LogP contribution in [-0.4, -0.2) is 51.9 Å². The normalized spacial score (nSPS) is 10.1. The van der Waals surface area contributed by atoms with Crippen molar-refractivity contribution in [2.75, 3.05) is 7.11 Å². The van der Waals surface area contributed by atoms with Crippen molar-refractivity contribution < 1.29 is 17.4 Å². The van der Waals surface area contributed by atoms with Gasteiger partial charge in [0.05, 0.1) is 7.11 Å². The van der Waals surface area contributed by atoms with Crippen molar-refractivity contribution in [3.63, 3.8) is 0 Å². The molecule has 0 aliphatic heterocycles. The van der Waals surface area contributed by atoms with Gasteiger partial charge >= 0.3 is 0 Å². The second-order valence-electron chi connectivity index (χ2n) is 3.10. The molecule has 0 atom stereocenters. The summed E-state index contributed by atoms with van der Waals surface area (Å²) in [6, 6.07) is 12.4. The third kappa shape index (κ3) is 3.63. The summed E-state index contributed by atoms with van der Waals surface area (Å²) in [5, 5.41) is 1.57. The van der Waals surface area contributed by atoms with Gasteiger partial charge in [-0.1, -0.05) is 36.4 Å². The molecule has 6 heteroatoms. The number of hydrogen-bond donors (Lipinski definition) is 0. The summed E-state index contributed by atoms with van der Waals surface area (Å²) in [6.07, 6.45) is 0. The van der Waals surface area contributed by atoms with Crippen molar-refractivity contribution in [2.24, 2.45) is 0 Å². The summed E-state index contributed by atoms with van der Waals surface area (Å²) in [7, 11) is -2.46. The van der Waals surface area contributed by atoms with E-state index in [9.17, 15) is 8.42 Å². The fourth-order valence-corrected chi connectivity index (χ4v) is 2.38. The molecule has 0 saturated heterocycles. The van der Waals surface area contributed by atoms with Gasteiger partial charge < -0.3 is 4.79 Å². The Bertz CT molecular complexity index is 605. The summed E-state index contributed by atoms with van der Waals surface area (Å²) < 4.78 is 27.7. The second-order valence-corrected chi connectivity index (χ2v) is 4.78. The molecule has 0 aliphatic carbocycles. The van der Waals surface area contributed by atoms with E-state index in [2.05, 4.69) is 4.18 Å². The first-order valence-electron chi connectivity index (χ1n) is 4.72. The van der Waals surface area contributed by atoms with Gasteiger partial charge in [0.15, 0.2) is 0 Å². The number of carbonyl (C=O) groups excluding carboxylic acids is 1.